The Bertz CT molecular complexity index is 735. The first-order valence-electron chi connectivity index (χ1n) is 6.16. The number of amides is 1. The first-order chi connectivity index (χ1) is 10.1. The molecule has 0 spiro atoms. The highest BCUT2D eigenvalue weighted by atomic mass is 35.5. The number of rotatable bonds is 2. The molecule has 0 aliphatic rings. The van der Waals surface area contributed by atoms with Crippen LogP contribution >= 0.6 is 11.6 Å². The average Bonchev–Trinajstić information content (AvgIpc) is 2.46. The van der Waals surface area contributed by atoms with Gasteiger partial charge in [0, 0.05) is 10.6 Å². The van der Waals surface area contributed by atoms with Crippen LogP contribution in [0.3, 0.4) is 0 Å². The molecule has 0 heterocycles. The Hall–Kier alpha value is -2.35. The Labute approximate surface area is 126 Å². The molecule has 2 rings (SSSR count). The van der Waals surface area contributed by atoms with E-state index < -0.39 is 11.7 Å². The van der Waals surface area contributed by atoms with E-state index in [2.05, 4.69) is 17.2 Å². The standard InChI is InChI=1S/C16H12ClFN2O/c17-12-7-8-13(14(18)10-12)16(21)20-15-6-2-1-4-11(15)5-3-9-19/h1-2,4,6-8,10H,9,19H2,(H,20,21). The lowest BCUT2D eigenvalue weighted by Crippen LogP contribution is -2.14. The van der Waals surface area contributed by atoms with E-state index in [1.165, 1.54) is 12.1 Å². The maximum absolute atomic E-state index is 13.7. The molecule has 3 nitrogen and oxygen atoms in total. The zero-order chi connectivity index (χ0) is 15.2. The van der Waals surface area contributed by atoms with E-state index in [1.807, 2.05) is 0 Å². The summed E-state index contributed by atoms with van der Waals surface area (Å²) < 4.78 is 13.7. The molecule has 2 aromatic carbocycles. The van der Waals surface area contributed by atoms with Crippen molar-refractivity contribution in [2.75, 3.05) is 11.9 Å². The second-order valence-corrected chi connectivity index (χ2v) is 4.57. The van der Waals surface area contributed by atoms with Crippen molar-refractivity contribution >= 4 is 23.2 Å². The van der Waals surface area contributed by atoms with Gasteiger partial charge in [0.1, 0.15) is 5.82 Å². The molecule has 0 unspecified atom stereocenters. The highest BCUT2D eigenvalue weighted by Gasteiger charge is 2.13. The number of nitrogens with one attached hydrogen (secondary N) is 1. The van der Waals surface area contributed by atoms with Gasteiger partial charge in [0.25, 0.3) is 5.91 Å². The Kier molecular flexibility index (Phi) is 4.94. The number of carbonyl (C=O) groups is 1. The minimum absolute atomic E-state index is 0.0824. The Balaban J connectivity index is 2.27. The van der Waals surface area contributed by atoms with E-state index in [9.17, 15) is 9.18 Å². The van der Waals surface area contributed by atoms with Crippen LogP contribution in [-0.2, 0) is 0 Å². The summed E-state index contributed by atoms with van der Waals surface area (Å²) >= 11 is 5.66. The van der Waals surface area contributed by atoms with Crippen LogP contribution in [0.15, 0.2) is 42.5 Å². The molecule has 0 saturated heterocycles. The Morgan fingerprint density at radius 2 is 2.05 bits per heavy atom. The molecular weight excluding hydrogens is 291 g/mol. The predicted molar refractivity (Wildman–Crippen MR) is 81.7 cm³/mol. The van der Waals surface area contributed by atoms with Crippen molar-refractivity contribution < 1.29 is 9.18 Å². The lowest BCUT2D eigenvalue weighted by Gasteiger charge is -2.08. The number of para-hydroxylation sites is 1. The van der Waals surface area contributed by atoms with E-state index in [1.54, 1.807) is 24.3 Å². The van der Waals surface area contributed by atoms with E-state index >= 15 is 0 Å². The molecule has 0 saturated carbocycles. The van der Waals surface area contributed by atoms with Crippen molar-refractivity contribution in [1.29, 1.82) is 0 Å². The molecule has 21 heavy (non-hydrogen) atoms. The van der Waals surface area contributed by atoms with E-state index in [0.717, 1.165) is 6.07 Å². The molecule has 3 N–H and O–H groups in total. The monoisotopic (exact) mass is 302 g/mol. The summed E-state index contributed by atoms with van der Waals surface area (Å²) in [6.07, 6.45) is 0. The molecule has 0 atom stereocenters. The van der Waals surface area contributed by atoms with E-state index in [-0.39, 0.29) is 17.1 Å². The van der Waals surface area contributed by atoms with Crippen molar-refractivity contribution in [3.63, 3.8) is 0 Å². The first-order valence-corrected chi connectivity index (χ1v) is 6.54. The molecule has 0 fully saturated rings. The van der Waals surface area contributed by atoms with Gasteiger partial charge in [-0.15, -0.1) is 0 Å². The zero-order valence-electron chi connectivity index (χ0n) is 11.0. The second kappa shape index (κ2) is 6.89. The van der Waals surface area contributed by atoms with Crippen molar-refractivity contribution in [3.05, 3.63) is 64.4 Å². The number of benzene rings is 2. The van der Waals surface area contributed by atoms with Gasteiger partial charge in [0.15, 0.2) is 0 Å². The Morgan fingerprint density at radius 3 is 2.76 bits per heavy atom. The lowest BCUT2D eigenvalue weighted by atomic mass is 10.1. The third kappa shape index (κ3) is 3.82. The van der Waals surface area contributed by atoms with Crippen molar-refractivity contribution in [2.24, 2.45) is 5.73 Å². The molecule has 0 radical (unpaired) electrons. The van der Waals surface area contributed by atoms with Crippen LogP contribution in [0.1, 0.15) is 15.9 Å². The number of nitrogens with two attached hydrogens (primary N) is 1. The van der Waals surface area contributed by atoms with Crippen LogP contribution in [0.5, 0.6) is 0 Å². The predicted octanol–water partition coefficient (Wildman–Crippen LogP) is 3.04. The van der Waals surface area contributed by atoms with Gasteiger partial charge in [-0.05, 0) is 30.3 Å². The quantitative estimate of drug-likeness (QED) is 0.838. The van der Waals surface area contributed by atoms with Crippen LogP contribution in [0.25, 0.3) is 0 Å². The minimum Gasteiger partial charge on any atom is -0.321 e. The van der Waals surface area contributed by atoms with E-state index in [0.29, 0.717) is 11.3 Å². The molecule has 106 valence electrons. The highest BCUT2D eigenvalue weighted by Crippen LogP contribution is 2.18. The summed E-state index contributed by atoms with van der Waals surface area (Å²) in [4.78, 5) is 12.1. The number of anilines is 1. The van der Waals surface area contributed by atoms with Gasteiger partial charge in [-0.1, -0.05) is 35.6 Å². The molecule has 0 aromatic heterocycles. The number of halogens is 2. The van der Waals surface area contributed by atoms with Gasteiger partial charge in [-0.25, -0.2) is 4.39 Å². The van der Waals surface area contributed by atoms with Gasteiger partial charge in [-0.2, -0.15) is 0 Å². The third-order valence-electron chi connectivity index (χ3n) is 2.68. The average molecular weight is 303 g/mol. The second-order valence-electron chi connectivity index (χ2n) is 4.13. The lowest BCUT2D eigenvalue weighted by molar-refractivity contribution is 0.102. The van der Waals surface area contributed by atoms with Crippen LogP contribution in [0.4, 0.5) is 10.1 Å². The molecule has 2 aromatic rings. The van der Waals surface area contributed by atoms with Crippen LogP contribution in [0.2, 0.25) is 5.02 Å². The van der Waals surface area contributed by atoms with Gasteiger partial charge in [0.05, 0.1) is 17.8 Å². The molecule has 0 aliphatic carbocycles. The summed E-state index contributed by atoms with van der Waals surface area (Å²) in [5.41, 5.74) is 6.36. The topological polar surface area (TPSA) is 55.1 Å². The smallest absolute Gasteiger partial charge is 0.258 e. The summed E-state index contributed by atoms with van der Waals surface area (Å²) in [6.45, 7) is 0.216. The fraction of sp³-hybridized carbons (Fsp3) is 0.0625. The van der Waals surface area contributed by atoms with Crippen molar-refractivity contribution in [3.8, 4) is 11.8 Å². The van der Waals surface area contributed by atoms with Gasteiger partial charge in [0.2, 0.25) is 0 Å². The maximum Gasteiger partial charge on any atom is 0.258 e. The SMILES string of the molecule is NCC#Cc1ccccc1NC(=O)c1ccc(Cl)cc1F. The maximum atomic E-state index is 13.7. The molecule has 0 aliphatic heterocycles. The number of hydrogen-bond donors (Lipinski definition) is 2. The highest BCUT2D eigenvalue weighted by molar-refractivity contribution is 6.30. The molecular formula is C16H12ClFN2O. The minimum atomic E-state index is -0.675. The number of carbonyl (C=O) groups excluding carboxylic acids is 1. The molecule has 1 amide bonds. The molecule has 0 bridgehead atoms. The fourth-order valence-corrected chi connectivity index (χ4v) is 1.87. The zero-order valence-corrected chi connectivity index (χ0v) is 11.7. The summed E-state index contributed by atoms with van der Waals surface area (Å²) in [5.74, 6) is 4.32. The van der Waals surface area contributed by atoms with E-state index in [4.69, 9.17) is 17.3 Å². The fourth-order valence-electron chi connectivity index (χ4n) is 1.71. The summed E-state index contributed by atoms with van der Waals surface area (Å²) in [5, 5.41) is 2.87. The van der Waals surface area contributed by atoms with Crippen LogP contribution in [0, 0.1) is 17.7 Å². The van der Waals surface area contributed by atoms with Gasteiger partial charge in [-0.3, -0.25) is 4.79 Å². The van der Waals surface area contributed by atoms with Crippen LogP contribution in [-0.4, -0.2) is 12.5 Å². The summed E-state index contributed by atoms with van der Waals surface area (Å²) in [6, 6.07) is 10.9. The van der Waals surface area contributed by atoms with Crippen molar-refractivity contribution in [1.82, 2.24) is 0 Å². The molecule has 5 heteroatoms. The third-order valence-corrected chi connectivity index (χ3v) is 2.91. The largest absolute Gasteiger partial charge is 0.321 e. The normalized spacial score (nSPS) is 9.67. The van der Waals surface area contributed by atoms with Crippen LogP contribution < -0.4 is 11.1 Å². The Morgan fingerprint density at radius 1 is 1.29 bits per heavy atom. The van der Waals surface area contributed by atoms with Gasteiger partial charge < -0.3 is 11.1 Å². The number of hydrogen-bond acceptors (Lipinski definition) is 2. The van der Waals surface area contributed by atoms with Crippen molar-refractivity contribution in [2.45, 2.75) is 0 Å². The summed E-state index contributed by atoms with van der Waals surface area (Å²) in [7, 11) is 0. The first kappa shape index (κ1) is 15.0. The van der Waals surface area contributed by atoms with Gasteiger partial charge >= 0.3 is 0 Å².